The highest BCUT2D eigenvalue weighted by Gasteiger charge is 2.15. The fourth-order valence-electron chi connectivity index (χ4n) is 3.66. The van der Waals surface area contributed by atoms with E-state index in [4.69, 9.17) is 9.72 Å². The number of hydrogen-bond donors (Lipinski definition) is 1. The lowest BCUT2D eigenvalue weighted by atomic mass is 10.1. The van der Waals surface area contributed by atoms with Crippen molar-refractivity contribution in [1.29, 1.82) is 0 Å². The van der Waals surface area contributed by atoms with Crippen LogP contribution in [-0.2, 0) is 7.05 Å². The molecule has 0 saturated heterocycles. The van der Waals surface area contributed by atoms with Gasteiger partial charge in [-0.3, -0.25) is 4.98 Å². The molecule has 0 saturated carbocycles. The Kier molecular flexibility index (Phi) is 2.88. The lowest BCUT2D eigenvalue weighted by Gasteiger charge is -2.01. The largest absolute Gasteiger partial charge is 0.497 e. The number of H-pyrrole nitrogens is 1. The molecular weight excluding hydrogens is 310 g/mol. The van der Waals surface area contributed by atoms with Crippen molar-refractivity contribution in [3.05, 3.63) is 60.9 Å². The molecule has 0 atom stereocenters. The summed E-state index contributed by atoms with van der Waals surface area (Å²) in [5.41, 5.74) is 5.47. The molecule has 4 heteroatoms. The van der Waals surface area contributed by atoms with Gasteiger partial charge in [0.1, 0.15) is 5.75 Å². The van der Waals surface area contributed by atoms with E-state index in [0.717, 1.165) is 38.8 Å². The minimum Gasteiger partial charge on any atom is -0.497 e. The lowest BCUT2D eigenvalue weighted by molar-refractivity contribution is 0.415. The van der Waals surface area contributed by atoms with Crippen LogP contribution in [0.2, 0.25) is 0 Å². The Morgan fingerprint density at radius 2 is 1.88 bits per heavy atom. The van der Waals surface area contributed by atoms with Gasteiger partial charge >= 0.3 is 0 Å². The highest BCUT2D eigenvalue weighted by molar-refractivity contribution is 6.13. The maximum absolute atomic E-state index is 5.38. The standard InChI is InChI=1S/C21H17N3O/c1-24-12-17(14-5-3-4-6-19(14)24)20-21-15(9-10-22-20)16-11-13(25-2)7-8-18(16)23-21/h3-12,23H,1-2H3. The zero-order valence-electron chi connectivity index (χ0n) is 14.1. The van der Waals surface area contributed by atoms with Crippen molar-refractivity contribution in [2.24, 2.45) is 7.05 Å². The zero-order chi connectivity index (χ0) is 17.0. The average Bonchev–Trinajstić information content (AvgIpc) is 3.19. The van der Waals surface area contributed by atoms with Crippen LogP contribution < -0.4 is 4.74 Å². The van der Waals surface area contributed by atoms with Crippen LogP contribution in [0.15, 0.2) is 60.9 Å². The second kappa shape index (κ2) is 5.11. The number of aromatic amines is 1. The summed E-state index contributed by atoms with van der Waals surface area (Å²) in [4.78, 5) is 8.25. The van der Waals surface area contributed by atoms with Crippen molar-refractivity contribution in [3.8, 4) is 17.0 Å². The minimum atomic E-state index is 0.858. The second-order valence-corrected chi connectivity index (χ2v) is 6.29. The Morgan fingerprint density at radius 1 is 1.00 bits per heavy atom. The van der Waals surface area contributed by atoms with E-state index in [0.29, 0.717) is 0 Å². The van der Waals surface area contributed by atoms with Gasteiger partial charge in [-0.25, -0.2) is 0 Å². The zero-order valence-corrected chi connectivity index (χ0v) is 14.1. The molecule has 25 heavy (non-hydrogen) atoms. The van der Waals surface area contributed by atoms with Crippen LogP contribution in [-0.4, -0.2) is 21.6 Å². The fraction of sp³-hybridized carbons (Fsp3) is 0.0952. The number of benzene rings is 2. The molecule has 4 nitrogen and oxygen atoms in total. The summed E-state index contributed by atoms with van der Waals surface area (Å²) in [5.74, 6) is 0.858. The number of hydrogen-bond acceptors (Lipinski definition) is 2. The molecule has 0 bridgehead atoms. The van der Waals surface area contributed by atoms with Gasteiger partial charge in [-0.1, -0.05) is 18.2 Å². The first-order chi connectivity index (χ1) is 12.3. The molecule has 5 aromatic rings. The highest BCUT2D eigenvalue weighted by atomic mass is 16.5. The number of ether oxygens (including phenoxy) is 1. The smallest absolute Gasteiger partial charge is 0.119 e. The van der Waals surface area contributed by atoms with E-state index in [1.807, 2.05) is 12.3 Å². The molecule has 2 aromatic carbocycles. The number of methoxy groups -OCH3 is 1. The fourth-order valence-corrected chi connectivity index (χ4v) is 3.66. The molecule has 0 aliphatic rings. The van der Waals surface area contributed by atoms with E-state index in [-0.39, 0.29) is 0 Å². The lowest BCUT2D eigenvalue weighted by Crippen LogP contribution is -1.84. The molecule has 0 aliphatic carbocycles. The molecule has 0 radical (unpaired) electrons. The first-order valence-electron chi connectivity index (χ1n) is 8.25. The third-order valence-corrected chi connectivity index (χ3v) is 4.88. The van der Waals surface area contributed by atoms with Gasteiger partial charge < -0.3 is 14.3 Å². The third-order valence-electron chi connectivity index (χ3n) is 4.88. The molecule has 5 rings (SSSR count). The third kappa shape index (κ3) is 1.97. The van der Waals surface area contributed by atoms with Gasteiger partial charge in [0.25, 0.3) is 0 Å². The van der Waals surface area contributed by atoms with Gasteiger partial charge in [0.05, 0.1) is 18.3 Å². The summed E-state index contributed by atoms with van der Waals surface area (Å²) in [5, 5.41) is 3.52. The Bertz CT molecular complexity index is 1250. The van der Waals surface area contributed by atoms with Gasteiger partial charge in [0, 0.05) is 52.2 Å². The molecule has 0 fully saturated rings. The molecule has 1 N–H and O–H groups in total. The van der Waals surface area contributed by atoms with Crippen LogP contribution in [0.3, 0.4) is 0 Å². The van der Waals surface area contributed by atoms with Crippen LogP contribution in [0.5, 0.6) is 5.75 Å². The number of aryl methyl sites for hydroxylation is 1. The Labute approximate surface area is 144 Å². The highest BCUT2D eigenvalue weighted by Crippen LogP contribution is 2.36. The van der Waals surface area contributed by atoms with Crippen LogP contribution in [0.4, 0.5) is 0 Å². The predicted octanol–water partition coefficient (Wildman–Crippen LogP) is 4.88. The van der Waals surface area contributed by atoms with Crippen LogP contribution >= 0.6 is 0 Å². The van der Waals surface area contributed by atoms with E-state index in [2.05, 4.69) is 65.3 Å². The molecule has 0 aliphatic heterocycles. The number of fused-ring (bicyclic) bond motifs is 4. The summed E-state index contributed by atoms with van der Waals surface area (Å²) in [6, 6.07) is 16.6. The Hall–Kier alpha value is -3.27. The monoisotopic (exact) mass is 327 g/mol. The first kappa shape index (κ1) is 14.1. The molecule has 122 valence electrons. The molecule has 0 unspecified atom stereocenters. The van der Waals surface area contributed by atoms with E-state index in [1.54, 1.807) is 7.11 Å². The topological polar surface area (TPSA) is 42.8 Å². The minimum absolute atomic E-state index is 0.858. The maximum atomic E-state index is 5.38. The van der Waals surface area contributed by atoms with Crippen molar-refractivity contribution >= 4 is 32.7 Å². The Morgan fingerprint density at radius 3 is 2.76 bits per heavy atom. The van der Waals surface area contributed by atoms with Crippen LogP contribution in [0.1, 0.15) is 0 Å². The van der Waals surface area contributed by atoms with Crippen molar-refractivity contribution < 1.29 is 4.74 Å². The van der Waals surface area contributed by atoms with Crippen LogP contribution in [0.25, 0.3) is 44.0 Å². The van der Waals surface area contributed by atoms with Crippen molar-refractivity contribution in [2.45, 2.75) is 0 Å². The summed E-state index contributed by atoms with van der Waals surface area (Å²) >= 11 is 0. The van der Waals surface area contributed by atoms with E-state index in [9.17, 15) is 0 Å². The number of pyridine rings is 1. The number of rotatable bonds is 2. The number of para-hydroxylation sites is 1. The second-order valence-electron chi connectivity index (χ2n) is 6.29. The van der Waals surface area contributed by atoms with E-state index < -0.39 is 0 Å². The summed E-state index contributed by atoms with van der Waals surface area (Å²) in [6.07, 6.45) is 4.03. The number of aromatic nitrogens is 3. The van der Waals surface area contributed by atoms with Crippen molar-refractivity contribution in [2.75, 3.05) is 7.11 Å². The SMILES string of the molecule is COc1ccc2[nH]c3c(-c4cn(C)c5ccccc45)nccc3c2c1. The maximum Gasteiger partial charge on any atom is 0.119 e. The predicted molar refractivity (Wildman–Crippen MR) is 102 cm³/mol. The Balaban J connectivity index is 1.87. The van der Waals surface area contributed by atoms with Gasteiger partial charge in [0.15, 0.2) is 0 Å². The molecule has 3 heterocycles. The van der Waals surface area contributed by atoms with Gasteiger partial charge in [0.2, 0.25) is 0 Å². The number of nitrogens with zero attached hydrogens (tertiary/aromatic N) is 2. The van der Waals surface area contributed by atoms with Crippen molar-refractivity contribution in [3.63, 3.8) is 0 Å². The quantitative estimate of drug-likeness (QED) is 0.502. The van der Waals surface area contributed by atoms with Gasteiger partial charge in [-0.15, -0.1) is 0 Å². The normalized spacial score (nSPS) is 11.6. The van der Waals surface area contributed by atoms with E-state index >= 15 is 0 Å². The first-order valence-corrected chi connectivity index (χ1v) is 8.25. The molecule has 3 aromatic heterocycles. The van der Waals surface area contributed by atoms with Gasteiger partial charge in [-0.05, 0) is 30.3 Å². The summed E-state index contributed by atoms with van der Waals surface area (Å²) in [6.45, 7) is 0. The molecule has 0 amide bonds. The average molecular weight is 327 g/mol. The number of nitrogens with one attached hydrogen (secondary N) is 1. The van der Waals surface area contributed by atoms with E-state index in [1.165, 1.54) is 10.9 Å². The summed E-state index contributed by atoms with van der Waals surface area (Å²) in [7, 11) is 3.77. The van der Waals surface area contributed by atoms with Crippen molar-refractivity contribution in [1.82, 2.24) is 14.5 Å². The summed E-state index contributed by atoms with van der Waals surface area (Å²) < 4.78 is 7.53. The van der Waals surface area contributed by atoms with Gasteiger partial charge in [-0.2, -0.15) is 0 Å². The molecule has 0 spiro atoms. The molecular formula is C21H17N3O. The van der Waals surface area contributed by atoms with Crippen LogP contribution in [0, 0.1) is 0 Å².